The number of nitrogens with zero attached hydrogens (tertiary/aromatic N) is 1. The Morgan fingerprint density at radius 3 is 2.83 bits per heavy atom. The molecule has 92 valence electrons. The van der Waals surface area contributed by atoms with Crippen molar-refractivity contribution in [3.63, 3.8) is 0 Å². The van der Waals surface area contributed by atoms with E-state index in [-0.39, 0.29) is 6.61 Å². The highest BCUT2D eigenvalue weighted by molar-refractivity contribution is 6.07. The van der Waals surface area contributed by atoms with Crippen molar-refractivity contribution in [2.45, 2.75) is 12.5 Å². The molecule has 18 heavy (non-hydrogen) atoms. The van der Waals surface area contributed by atoms with Crippen LogP contribution in [0.3, 0.4) is 0 Å². The van der Waals surface area contributed by atoms with Gasteiger partial charge in [-0.1, -0.05) is 18.2 Å². The van der Waals surface area contributed by atoms with E-state index < -0.39 is 6.10 Å². The lowest BCUT2D eigenvalue weighted by molar-refractivity contribution is 0.0950. The van der Waals surface area contributed by atoms with Gasteiger partial charge in [-0.2, -0.15) is 0 Å². The average molecular weight is 242 g/mol. The standard InChI is InChI=1S/C14H14N2O2/c17-8-9(18)7-13-14-11(5-6-15-13)10-3-1-2-4-12(10)16-14/h1-6,9,16-18H,7-8H2. The minimum atomic E-state index is -0.769. The summed E-state index contributed by atoms with van der Waals surface area (Å²) in [5, 5.41) is 20.7. The van der Waals surface area contributed by atoms with Crippen LogP contribution in [0.5, 0.6) is 0 Å². The van der Waals surface area contributed by atoms with Crippen LogP contribution in [0.2, 0.25) is 0 Å². The Kier molecular flexibility index (Phi) is 2.74. The summed E-state index contributed by atoms with van der Waals surface area (Å²) in [5.74, 6) is 0. The number of aromatic amines is 1. The van der Waals surface area contributed by atoms with E-state index in [0.29, 0.717) is 6.42 Å². The summed E-state index contributed by atoms with van der Waals surface area (Å²) in [5.41, 5.74) is 2.77. The summed E-state index contributed by atoms with van der Waals surface area (Å²) in [6.45, 7) is -0.252. The molecule has 3 rings (SSSR count). The van der Waals surface area contributed by atoms with Crippen molar-refractivity contribution >= 4 is 21.8 Å². The first kappa shape index (κ1) is 11.2. The molecule has 4 heteroatoms. The number of hydrogen-bond acceptors (Lipinski definition) is 3. The van der Waals surface area contributed by atoms with Crippen molar-refractivity contribution in [3.05, 3.63) is 42.2 Å². The van der Waals surface area contributed by atoms with Crippen LogP contribution >= 0.6 is 0 Å². The summed E-state index contributed by atoms with van der Waals surface area (Å²) in [4.78, 5) is 7.61. The number of nitrogens with one attached hydrogen (secondary N) is 1. The summed E-state index contributed by atoms with van der Waals surface area (Å²) in [6, 6.07) is 10.0. The summed E-state index contributed by atoms with van der Waals surface area (Å²) < 4.78 is 0. The van der Waals surface area contributed by atoms with E-state index in [1.165, 1.54) is 0 Å². The molecule has 3 aromatic rings. The Labute approximate surface area is 104 Å². The molecular formula is C14H14N2O2. The quantitative estimate of drug-likeness (QED) is 0.653. The summed E-state index contributed by atoms with van der Waals surface area (Å²) in [6.07, 6.45) is 1.32. The lowest BCUT2D eigenvalue weighted by Gasteiger charge is -2.06. The molecule has 1 unspecified atom stereocenters. The molecule has 0 bridgehead atoms. The third-order valence-electron chi connectivity index (χ3n) is 3.15. The Bertz CT molecular complexity index is 690. The van der Waals surface area contributed by atoms with Crippen LogP contribution in [0.25, 0.3) is 21.8 Å². The van der Waals surface area contributed by atoms with E-state index in [1.807, 2.05) is 24.3 Å². The van der Waals surface area contributed by atoms with Crippen molar-refractivity contribution in [1.29, 1.82) is 0 Å². The van der Waals surface area contributed by atoms with Crippen molar-refractivity contribution in [1.82, 2.24) is 9.97 Å². The second-order valence-electron chi connectivity index (χ2n) is 4.39. The predicted molar refractivity (Wildman–Crippen MR) is 70.4 cm³/mol. The molecule has 0 spiro atoms. The van der Waals surface area contributed by atoms with Gasteiger partial charge in [0.05, 0.1) is 23.9 Å². The number of para-hydroxylation sites is 1. The normalized spacial score (nSPS) is 13.2. The number of pyridine rings is 1. The number of aliphatic hydroxyl groups excluding tert-OH is 2. The van der Waals surface area contributed by atoms with Gasteiger partial charge in [0.15, 0.2) is 0 Å². The second-order valence-corrected chi connectivity index (χ2v) is 4.39. The molecule has 0 saturated heterocycles. The van der Waals surface area contributed by atoms with Crippen LogP contribution in [-0.2, 0) is 6.42 Å². The molecule has 1 aromatic carbocycles. The molecule has 2 heterocycles. The molecule has 4 nitrogen and oxygen atoms in total. The lowest BCUT2D eigenvalue weighted by Crippen LogP contribution is -2.16. The van der Waals surface area contributed by atoms with Gasteiger partial charge in [-0.3, -0.25) is 4.98 Å². The number of benzene rings is 1. The van der Waals surface area contributed by atoms with Gasteiger partial charge in [0, 0.05) is 28.9 Å². The fourth-order valence-corrected chi connectivity index (χ4v) is 2.27. The molecule has 0 aliphatic carbocycles. The molecule has 0 amide bonds. The number of hydrogen-bond donors (Lipinski definition) is 3. The number of fused-ring (bicyclic) bond motifs is 3. The Hall–Kier alpha value is -1.91. The van der Waals surface area contributed by atoms with Crippen LogP contribution in [0.15, 0.2) is 36.5 Å². The summed E-state index contributed by atoms with van der Waals surface area (Å²) in [7, 11) is 0. The number of rotatable bonds is 3. The van der Waals surface area contributed by atoms with Gasteiger partial charge in [0.25, 0.3) is 0 Å². The maximum Gasteiger partial charge on any atom is 0.0827 e. The van der Waals surface area contributed by atoms with Gasteiger partial charge in [0.2, 0.25) is 0 Å². The second kappa shape index (κ2) is 4.40. The highest BCUT2D eigenvalue weighted by Gasteiger charge is 2.11. The first-order valence-electron chi connectivity index (χ1n) is 5.93. The largest absolute Gasteiger partial charge is 0.394 e. The van der Waals surface area contributed by atoms with Gasteiger partial charge in [-0.15, -0.1) is 0 Å². The third-order valence-corrected chi connectivity index (χ3v) is 3.15. The summed E-state index contributed by atoms with van der Waals surface area (Å²) >= 11 is 0. The zero-order chi connectivity index (χ0) is 12.5. The maximum atomic E-state index is 9.54. The Balaban J connectivity index is 2.21. The van der Waals surface area contributed by atoms with Crippen LogP contribution in [0.1, 0.15) is 5.69 Å². The van der Waals surface area contributed by atoms with Crippen molar-refractivity contribution in [2.75, 3.05) is 6.61 Å². The van der Waals surface area contributed by atoms with Gasteiger partial charge >= 0.3 is 0 Å². The highest BCUT2D eigenvalue weighted by atomic mass is 16.3. The molecule has 0 aliphatic heterocycles. The van der Waals surface area contributed by atoms with E-state index >= 15 is 0 Å². The molecule has 0 aliphatic rings. The van der Waals surface area contributed by atoms with Crippen LogP contribution < -0.4 is 0 Å². The van der Waals surface area contributed by atoms with Crippen LogP contribution in [-0.4, -0.2) is 32.9 Å². The number of H-pyrrole nitrogens is 1. The number of aromatic nitrogens is 2. The third kappa shape index (κ3) is 1.75. The average Bonchev–Trinajstić information content (AvgIpc) is 2.78. The fourth-order valence-electron chi connectivity index (χ4n) is 2.27. The Morgan fingerprint density at radius 1 is 1.17 bits per heavy atom. The molecule has 0 saturated carbocycles. The molecule has 1 atom stereocenters. The van der Waals surface area contributed by atoms with E-state index in [4.69, 9.17) is 5.11 Å². The van der Waals surface area contributed by atoms with Gasteiger partial charge < -0.3 is 15.2 Å². The minimum absolute atomic E-state index is 0.252. The van der Waals surface area contributed by atoms with Crippen molar-refractivity contribution in [2.24, 2.45) is 0 Å². The topological polar surface area (TPSA) is 69.1 Å². The smallest absolute Gasteiger partial charge is 0.0827 e. The highest BCUT2D eigenvalue weighted by Crippen LogP contribution is 2.26. The van der Waals surface area contributed by atoms with E-state index in [1.54, 1.807) is 6.20 Å². The zero-order valence-electron chi connectivity index (χ0n) is 9.80. The SMILES string of the molecule is OCC(O)Cc1nccc2c1[nH]c1ccccc12. The molecule has 3 N–H and O–H groups in total. The van der Waals surface area contributed by atoms with Gasteiger partial charge in [-0.05, 0) is 12.1 Å². The first-order valence-corrected chi connectivity index (χ1v) is 5.93. The maximum absolute atomic E-state index is 9.54. The van der Waals surface area contributed by atoms with Crippen molar-refractivity contribution < 1.29 is 10.2 Å². The van der Waals surface area contributed by atoms with Crippen LogP contribution in [0, 0.1) is 0 Å². The van der Waals surface area contributed by atoms with Gasteiger partial charge in [-0.25, -0.2) is 0 Å². The minimum Gasteiger partial charge on any atom is -0.394 e. The molecular weight excluding hydrogens is 228 g/mol. The molecule has 0 fully saturated rings. The van der Waals surface area contributed by atoms with Crippen LogP contribution in [0.4, 0.5) is 0 Å². The Morgan fingerprint density at radius 2 is 2.00 bits per heavy atom. The lowest BCUT2D eigenvalue weighted by atomic mass is 10.1. The molecule has 0 radical (unpaired) electrons. The van der Waals surface area contributed by atoms with Crippen molar-refractivity contribution in [3.8, 4) is 0 Å². The van der Waals surface area contributed by atoms with E-state index in [9.17, 15) is 5.11 Å². The predicted octanol–water partition coefficient (Wildman–Crippen LogP) is 1.61. The fraction of sp³-hybridized carbons (Fsp3) is 0.214. The van der Waals surface area contributed by atoms with E-state index in [2.05, 4.69) is 16.0 Å². The zero-order valence-corrected chi connectivity index (χ0v) is 9.80. The number of aliphatic hydroxyl groups is 2. The monoisotopic (exact) mass is 242 g/mol. The van der Waals surface area contributed by atoms with E-state index in [0.717, 1.165) is 27.5 Å². The van der Waals surface area contributed by atoms with Gasteiger partial charge in [0.1, 0.15) is 0 Å². The first-order chi connectivity index (χ1) is 8.79. The molecule has 2 aromatic heterocycles.